The van der Waals surface area contributed by atoms with Crippen molar-refractivity contribution in [1.29, 1.82) is 5.26 Å². The Balaban J connectivity index is 1.75. The smallest absolute Gasteiger partial charge is 0.306 e. The van der Waals surface area contributed by atoms with Crippen molar-refractivity contribution in [2.75, 3.05) is 13.1 Å². The van der Waals surface area contributed by atoms with E-state index in [9.17, 15) is 23.2 Å². The summed E-state index contributed by atoms with van der Waals surface area (Å²) in [6, 6.07) is 9.86. The van der Waals surface area contributed by atoms with Crippen LogP contribution in [0.5, 0.6) is 0 Å². The maximum Gasteiger partial charge on any atom is 0.417 e. The van der Waals surface area contributed by atoms with Crippen molar-refractivity contribution in [3.05, 3.63) is 81.2 Å². The molecule has 1 aromatic heterocycles. The number of halogens is 3. The molecule has 2 unspecified atom stereocenters. The SMILES string of the molecule is CC1=CC(C)C(Cn2c(-c3ccc(CN4CCCCC4)cc3)cc(C(F)(F)F)c(C#N)c2=O)C=C1. The lowest BCUT2D eigenvalue weighted by Gasteiger charge is -2.27. The van der Waals surface area contributed by atoms with Crippen molar-refractivity contribution in [3.63, 3.8) is 0 Å². The molecule has 184 valence electrons. The number of hydrogen-bond acceptors (Lipinski definition) is 3. The highest BCUT2D eigenvalue weighted by atomic mass is 19.4. The van der Waals surface area contributed by atoms with Crippen LogP contribution in [0.1, 0.15) is 49.8 Å². The van der Waals surface area contributed by atoms with Gasteiger partial charge in [-0.05, 0) is 56.0 Å². The summed E-state index contributed by atoms with van der Waals surface area (Å²) in [6.07, 6.45) is 4.83. The number of hydrogen-bond donors (Lipinski definition) is 0. The molecule has 1 aromatic carbocycles. The van der Waals surface area contributed by atoms with Gasteiger partial charge in [0, 0.05) is 19.0 Å². The minimum atomic E-state index is -4.80. The molecule has 2 atom stereocenters. The number of aromatic nitrogens is 1. The van der Waals surface area contributed by atoms with Crippen LogP contribution in [-0.4, -0.2) is 22.6 Å². The van der Waals surface area contributed by atoms with E-state index in [1.165, 1.54) is 29.9 Å². The van der Waals surface area contributed by atoms with Crippen LogP contribution < -0.4 is 5.56 Å². The molecular weight excluding hydrogens is 451 g/mol. The van der Waals surface area contributed by atoms with Crippen molar-refractivity contribution >= 4 is 0 Å². The van der Waals surface area contributed by atoms with E-state index < -0.39 is 22.9 Å². The predicted molar refractivity (Wildman–Crippen MR) is 131 cm³/mol. The number of piperidine rings is 1. The molecule has 2 aromatic rings. The first-order chi connectivity index (χ1) is 16.7. The van der Waals surface area contributed by atoms with Gasteiger partial charge >= 0.3 is 6.18 Å². The third-order valence-electron chi connectivity index (χ3n) is 7.02. The first kappa shape index (κ1) is 25.0. The van der Waals surface area contributed by atoms with E-state index in [1.54, 1.807) is 12.1 Å². The van der Waals surface area contributed by atoms with E-state index in [4.69, 9.17) is 0 Å². The molecular formula is C28H30F3N3O. The molecule has 7 heteroatoms. The second-order valence-corrected chi connectivity index (χ2v) is 9.67. The molecule has 1 aliphatic heterocycles. The first-order valence-corrected chi connectivity index (χ1v) is 12.1. The Morgan fingerprint density at radius 2 is 1.80 bits per heavy atom. The maximum absolute atomic E-state index is 13.8. The van der Waals surface area contributed by atoms with Crippen LogP contribution in [0.25, 0.3) is 11.3 Å². The van der Waals surface area contributed by atoms with Gasteiger partial charge in [-0.3, -0.25) is 9.69 Å². The Hall–Kier alpha value is -3.11. The summed E-state index contributed by atoms with van der Waals surface area (Å²) in [4.78, 5) is 15.6. The van der Waals surface area contributed by atoms with Gasteiger partial charge in [0.05, 0.1) is 11.3 Å². The summed E-state index contributed by atoms with van der Waals surface area (Å²) >= 11 is 0. The Morgan fingerprint density at radius 3 is 2.40 bits per heavy atom. The Labute approximate surface area is 204 Å². The van der Waals surface area contributed by atoms with Gasteiger partial charge in [-0.2, -0.15) is 18.4 Å². The molecule has 0 bridgehead atoms. The zero-order valence-corrected chi connectivity index (χ0v) is 20.1. The Bertz CT molecular complexity index is 1230. The van der Waals surface area contributed by atoms with Crippen LogP contribution in [0.2, 0.25) is 0 Å². The van der Waals surface area contributed by atoms with Crippen LogP contribution in [0.3, 0.4) is 0 Å². The lowest BCUT2D eigenvalue weighted by molar-refractivity contribution is -0.137. The average Bonchev–Trinajstić information content (AvgIpc) is 2.82. The topological polar surface area (TPSA) is 49.0 Å². The summed E-state index contributed by atoms with van der Waals surface area (Å²) in [5, 5.41) is 9.44. The first-order valence-electron chi connectivity index (χ1n) is 12.1. The van der Waals surface area contributed by atoms with Gasteiger partial charge in [0.1, 0.15) is 11.6 Å². The fraction of sp³-hybridized carbons (Fsp3) is 0.429. The fourth-order valence-corrected chi connectivity index (χ4v) is 5.04. The summed E-state index contributed by atoms with van der Waals surface area (Å²) in [5.74, 6) is 0.0382. The number of likely N-dealkylation sites (tertiary alicyclic amines) is 1. The molecule has 0 saturated carbocycles. The zero-order valence-electron chi connectivity index (χ0n) is 20.1. The van der Waals surface area contributed by atoms with Crippen molar-refractivity contribution in [1.82, 2.24) is 9.47 Å². The van der Waals surface area contributed by atoms with Gasteiger partial charge in [0.15, 0.2) is 0 Å². The summed E-state index contributed by atoms with van der Waals surface area (Å²) in [7, 11) is 0. The monoisotopic (exact) mass is 481 g/mol. The highest BCUT2D eigenvalue weighted by Crippen LogP contribution is 2.34. The molecule has 0 spiro atoms. The molecule has 1 fully saturated rings. The highest BCUT2D eigenvalue weighted by molar-refractivity contribution is 5.63. The van der Waals surface area contributed by atoms with Crippen LogP contribution in [0.15, 0.2) is 58.9 Å². The quantitative estimate of drug-likeness (QED) is 0.514. The lowest BCUT2D eigenvalue weighted by Crippen LogP contribution is -2.31. The van der Waals surface area contributed by atoms with Gasteiger partial charge in [-0.15, -0.1) is 0 Å². The van der Waals surface area contributed by atoms with Crippen molar-refractivity contribution < 1.29 is 13.2 Å². The Kier molecular flexibility index (Phi) is 7.32. The predicted octanol–water partition coefficient (Wildman–Crippen LogP) is 6.16. The summed E-state index contributed by atoms with van der Waals surface area (Å²) < 4.78 is 42.8. The summed E-state index contributed by atoms with van der Waals surface area (Å²) in [6.45, 7) is 7.09. The maximum atomic E-state index is 13.8. The Morgan fingerprint density at radius 1 is 1.11 bits per heavy atom. The number of allylic oxidation sites excluding steroid dienone is 4. The van der Waals surface area contributed by atoms with E-state index in [-0.39, 0.29) is 24.1 Å². The molecule has 0 amide bonds. The molecule has 4 rings (SSSR count). The second kappa shape index (κ2) is 10.2. The fourth-order valence-electron chi connectivity index (χ4n) is 5.04. The average molecular weight is 482 g/mol. The van der Waals surface area contributed by atoms with Crippen LogP contribution in [-0.2, 0) is 19.3 Å². The number of nitriles is 1. The molecule has 2 aliphatic rings. The molecule has 1 aliphatic carbocycles. The minimum Gasteiger partial charge on any atom is -0.306 e. The number of benzene rings is 1. The second-order valence-electron chi connectivity index (χ2n) is 9.67. The normalized spacial score (nSPS) is 21.0. The van der Waals surface area contributed by atoms with E-state index in [1.807, 2.05) is 38.1 Å². The molecule has 1 saturated heterocycles. The lowest BCUT2D eigenvalue weighted by atomic mass is 9.87. The van der Waals surface area contributed by atoms with Gasteiger partial charge in [0.2, 0.25) is 0 Å². The minimum absolute atomic E-state index is 0.0724. The van der Waals surface area contributed by atoms with E-state index in [0.29, 0.717) is 5.56 Å². The van der Waals surface area contributed by atoms with Gasteiger partial charge in [-0.1, -0.05) is 61.4 Å². The standard InChI is InChI=1S/C28H30F3N3O/c1-19-6-9-23(20(2)14-19)18-34-26(15-25(28(29,30)31)24(16-32)27(34)35)22-10-7-21(8-11-22)17-33-12-4-3-5-13-33/h6-11,14-15,20,23H,3-5,12-13,17-18H2,1-2H3. The summed E-state index contributed by atoms with van der Waals surface area (Å²) in [5.41, 5.74) is -0.0499. The van der Waals surface area contributed by atoms with Gasteiger partial charge in [-0.25, -0.2) is 0 Å². The third-order valence-corrected chi connectivity index (χ3v) is 7.02. The van der Waals surface area contributed by atoms with E-state index in [2.05, 4.69) is 11.0 Å². The molecule has 0 radical (unpaired) electrons. The van der Waals surface area contributed by atoms with Gasteiger partial charge in [0.25, 0.3) is 5.56 Å². The van der Waals surface area contributed by atoms with Crippen molar-refractivity contribution in [3.8, 4) is 17.3 Å². The molecule has 2 heterocycles. The zero-order chi connectivity index (χ0) is 25.2. The highest BCUT2D eigenvalue weighted by Gasteiger charge is 2.37. The molecule has 35 heavy (non-hydrogen) atoms. The van der Waals surface area contributed by atoms with Crippen LogP contribution in [0, 0.1) is 23.2 Å². The molecule has 0 N–H and O–H groups in total. The molecule has 4 nitrogen and oxygen atoms in total. The van der Waals surface area contributed by atoms with E-state index >= 15 is 0 Å². The third kappa shape index (κ3) is 5.59. The van der Waals surface area contributed by atoms with Gasteiger partial charge < -0.3 is 4.57 Å². The largest absolute Gasteiger partial charge is 0.417 e. The van der Waals surface area contributed by atoms with Crippen molar-refractivity contribution in [2.45, 2.75) is 52.4 Å². The van der Waals surface area contributed by atoms with Crippen molar-refractivity contribution in [2.24, 2.45) is 11.8 Å². The van der Waals surface area contributed by atoms with Crippen LogP contribution in [0.4, 0.5) is 13.2 Å². The van der Waals surface area contributed by atoms with E-state index in [0.717, 1.165) is 36.8 Å². The number of alkyl halides is 3. The number of pyridine rings is 1. The number of rotatable bonds is 5. The van der Waals surface area contributed by atoms with Crippen LogP contribution >= 0.6 is 0 Å². The number of nitrogens with zero attached hydrogens (tertiary/aromatic N) is 3.